The molecule has 2 heteroatoms. The van der Waals surface area contributed by atoms with Gasteiger partial charge < -0.3 is 4.99 Å². The number of aliphatic imine (C=N–C) groups is 1. The third-order valence-corrected chi connectivity index (χ3v) is 1.86. The number of unbranched alkanes of at least 4 members (excludes halogenated alkanes) is 2. The summed E-state index contributed by atoms with van der Waals surface area (Å²) in [5.74, 6) is 1.29. The molecule has 0 saturated carbocycles. The van der Waals surface area contributed by atoms with Gasteiger partial charge in [0.15, 0.2) is 0 Å². The molecule has 0 aliphatic heterocycles. The molecule has 0 amide bonds. The van der Waals surface area contributed by atoms with Crippen molar-refractivity contribution < 1.29 is 0 Å². The normalized spacial score (nSPS) is 9.44. The van der Waals surface area contributed by atoms with Gasteiger partial charge in [-0.3, -0.25) is 0 Å². The molecule has 0 spiro atoms. The second-order valence-electron chi connectivity index (χ2n) is 2.00. The van der Waals surface area contributed by atoms with E-state index in [0.29, 0.717) is 0 Å². The van der Waals surface area contributed by atoms with Crippen LogP contribution in [0.15, 0.2) is 4.99 Å². The molecule has 0 fully saturated rings. The van der Waals surface area contributed by atoms with E-state index >= 15 is 0 Å². The first-order valence-corrected chi connectivity index (χ1v) is 4.72. The highest BCUT2D eigenvalue weighted by Crippen LogP contribution is 2.01. The van der Waals surface area contributed by atoms with Gasteiger partial charge in [-0.15, -0.1) is 0 Å². The summed E-state index contributed by atoms with van der Waals surface area (Å²) in [6.45, 7) is 4.36. The number of hydrogen-bond acceptors (Lipinski definition) is 2. The predicted octanol–water partition coefficient (Wildman–Crippen LogP) is 2.22. The van der Waals surface area contributed by atoms with Gasteiger partial charge in [-0.25, -0.2) is 0 Å². The maximum absolute atomic E-state index is 3.78. The third-order valence-electron chi connectivity index (χ3n) is 1.16. The summed E-state index contributed by atoms with van der Waals surface area (Å²) in [4.78, 5) is 3.78. The highest BCUT2D eigenvalue weighted by atomic mass is 32.2. The van der Waals surface area contributed by atoms with Gasteiger partial charge >= 0.3 is 0 Å². The van der Waals surface area contributed by atoms with Crippen molar-refractivity contribution in [1.82, 2.24) is 0 Å². The molecule has 0 aliphatic carbocycles. The molecule has 9 heavy (non-hydrogen) atoms. The van der Waals surface area contributed by atoms with Crippen molar-refractivity contribution in [3.63, 3.8) is 0 Å². The molecule has 0 saturated heterocycles. The van der Waals surface area contributed by atoms with Crippen molar-refractivity contribution in [3.05, 3.63) is 0 Å². The van der Waals surface area contributed by atoms with Gasteiger partial charge in [-0.1, -0.05) is 6.42 Å². The molecule has 0 aliphatic rings. The van der Waals surface area contributed by atoms with Crippen molar-refractivity contribution in [2.75, 3.05) is 18.6 Å². The van der Waals surface area contributed by atoms with Crippen molar-refractivity contribution >= 4 is 18.5 Å². The van der Waals surface area contributed by atoms with Crippen LogP contribution in [-0.2, 0) is 0 Å². The van der Waals surface area contributed by atoms with Gasteiger partial charge in [0.05, 0.1) is 0 Å². The molecule has 0 radical (unpaired) electrons. The molecule has 0 bridgehead atoms. The van der Waals surface area contributed by atoms with Gasteiger partial charge in [0.1, 0.15) is 0 Å². The summed E-state index contributed by atoms with van der Waals surface area (Å²) in [5, 5.41) is 0. The predicted molar refractivity (Wildman–Crippen MR) is 46.6 cm³/mol. The van der Waals surface area contributed by atoms with E-state index in [1.165, 1.54) is 25.0 Å². The molecular weight excluding hydrogens is 130 g/mol. The fourth-order valence-corrected chi connectivity index (χ4v) is 1.14. The first-order chi connectivity index (χ1) is 4.41. The monoisotopic (exact) mass is 145 g/mol. The van der Waals surface area contributed by atoms with E-state index in [4.69, 9.17) is 0 Å². The number of hydrogen-bond donors (Lipinski definition) is 0. The number of nitrogens with zero attached hydrogens (tertiary/aromatic N) is 1. The smallest absolute Gasteiger partial charge is 0.0382 e. The van der Waals surface area contributed by atoms with Crippen LogP contribution in [0.5, 0.6) is 0 Å². The minimum atomic E-state index is 0.939. The topological polar surface area (TPSA) is 12.4 Å². The molecule has 0 N–H and O–H groups in total. The second kappa shape index (κ2) is 8.02. The van der Waals surface area contributed by atoms with E-state index in [1.54, 1.807) is 0 Å². The van der Waals surface area contributed by atoms with Gasteiger partial charge in [-0.2, -0.15) is 11.8 Å². The summed E-state index contributed by atoms with van der Waals surface area (Å²) in [6.07, 6.45) is 5.99. The molecular formula is C7H15NS. The van der Waals surface area contributed by atoms with Crippen LogP contribution in [0.25, 0.3) is 0 Å². The Balaban J connectivity index is 2.66. The molecule has 1 nitrogen and oxygen atoms in total. The standard InChI is InChI=1S/C7H15NS/c1-8-6-4-3-5-7-9-2/h1,3-7H2,2H3. The Bertz CT molecular complexity index is 63.9. The first kappa shape index (κ1) is 9.02. The average Bonchev–Trinajstić information content (AvgIpc) is 1.89. The fourth-order valence-electron chi connectivity index (χ4n) is 0.647. The molecule has 0 aromatic rings. The Morgan fingerprint density at radius 2 is 2.11 bits per heavy atom. The SMILES string of the molecule is C=NCCCCCSC. The number of rotatable bonds is 6. The van der Waals surface area contributed by atoms with Crippen molar-refractivity contribution in [3.8, 4) is 0 Å². The minimum absolute atomic E-state index is 0.939. The van der Waals surface area contributed by atoms with Crippen molar-refractivity contribution in [2.24, 2.45) is 4.99 Å². The molecule has 0 aromatic carbocycles. The van der Waals surface area contributed by atoms with Crippen molar-refractivity contribution in [1.29, 1.82) is 0 Å². The van der Waals surface area contributed by atoms with Crippen LogP contribution in [0, 0.1) is 0 Å². The largest absolute Gasteiger partial charge is 0.301 e. The van der Waals surface area contributed by atoms with Crippen LogP contribution < -0.4 is 0 Å². The van der Waals surface area contributed by atoms with Gasteiger partial charge in [0.25, 0.3) is 0 Å². The zero-order valence-corrected chi connectivity index (χ0v) is 6.91. The highest BCUT2D eigenvalue weighted by molar-refractivity contribution is 7.98. The summed E-state index contributed by atoms with van der Waals surface area (Å²) in [6, 6.07) is 0. The lowest BCUT2D eigenvalue weighted by Crippen LogP contribution is -1.82. The molecule has 0 aromatic heterocycles. The summed E-state index contributed by atoms with van der Waals surface area (Å²) in [5.41, 5.74) is 0. The Labute approximate surface area is 61.9 Å². The van der Waals surface area contributed by atoms with E-state index in [2.05, 4.69) is 18.0 Å². The zero-order valence-electron chi connectivity index (χ0n) is 6.10. The Morgan fingerprint density at radius 1 is 1.33 bits per heavy atom. The first-order valence-electron chi connectivity index (χ1n) is 3.33. The van der Waals surface area contributed by atoms with Gasteiger partial charge in [0, 0.05) is 6.54 Å². The Hall–Kier alpha value is 0.0200. The number of thioether (sulfide) groups is 1. The minimum Gasteiger partial charge on any atom is -0.301 e. The van der Waals surface area contributed by atoms with Crippen LogP contribution in [0.2, 0.25) is 0 Å². The lowest BCUT2D eigenvalue weighted by molar-refractivity contribution is 0.735. The molecule has 0 unspecified atom stereocenters. The van der Waals surface area contributed by atoms with Crippen LogP contribution in [-0.4, -0.2) is 25.3 Å². The van der Waals surface area contributed by atoms with Crippen molar-refractivity contribution in [2.45, 2.75) is 19.3 Å². The summed E-state index contributed by atoms with van der Waals surface area (Å²) in [7, 11) is 0. The fraction of sp³-hybridized carbons (Fsp3) is 0.857. The third kappa shape index (κ3) is 8.02. The zero-order chi connectivity index (χ0) is 6.95. The van der Waals surface area contributed by atoms with Crippen LogP contribution in [0.1, 0.15) is 19.3 Å². The quantitative estimate of drug-likeness (QED) is 0.412. The Morgan fingerprint density at radius 3 is 2.67 bits per heavy atom. The lowest BCUT2D eigenvalue weighted by Gasteiger charge is -1.94. The Kier molecular flexibility index (Phi) is 8.04. The van der Waals surface area contributed by atoms with Crippen LogP contribution in [0.3, 0.4) is 0 Å². The molecule has 0 atom stereocenters. The van der Waals surface area contributed by atoms with E-state index in [0.717, 1.165) is 6.54 Å². The molecule has 0 rings (SSSR count). The lowest BCUT2D eigenvalue weighted by atomic mass is 10.2. The van der Waals surface area contributed by atoms with E-state index in [1.807, 2.05) is 11.8 Å². The van der Waals surface area contributed by atoms with Crippen LogP contribution in [0.4, 0.5) is 0 Å². The van der Waals surface area contributed by atoms with E-state index in [-0.39, 0.29) is 0 Å². The van der Waals surface area contributed by atoms with Gasteiger partial charge in [-0.05, 0) is 31.6 Å². The van der Waals surface area contributed by atoms with Crippen LogP contribution >= 0.6 is 11.8 Å². The second-order valence-corrected chi connectivity index (χ2v) is 2.99. The maximum Gasteiger partial charge on any atom is 0.0382 e. The maximum atomic E-state index is 3.78. The average molecular weight is 145 g/mol. The molecule has 54 valence electrons. The molecule has 0 heterocycles. The van der Waals surface area contributed by atoms with Gasteiger partial charge in [0.2, 0.25) is 0 Å². The highest BCUT2D eigenvalue weighted by Gasteiger charge is 1.85. The summed E-state index contributed by atoms with van der Waals surface area (Å²) >= 11 is 1.91. The summed E-state index contributed by atoms with van der Waals surface area (Å²) < 4.78 is 0. The van der Waals surface area contributed by atoms with E-state index < -0.39 is 0 Å². The van der Waals surface area contributed by atoms with E-state index in [9.17, 15) is 0 Å².